The van der Waals surface area contributed by atoms with Crippen molar-refractivity contribution in [2.45, 2.75) is 19.1 Å². The summed E-state index contributed by atoms with van der Waals surface area (Å²) >= 11 is 12.0. The van der Waals surface area contributed by atoms with Gasteiger partial charge in [-0.1, -0.05) is 23.2 Å². The maximum Gasteiger partial charge on any atom is 0.451 e. The van der Waals surface area contributed by atoms with Gasteiger partial charge < -0.3 is 15.5 Å². The predicted molar refractivity (Wildman–Crippen MR) is 87.5 cm³/mol. The minimum Gasteiger partial charge on any atom is -0.457 e. The number of nitrogens with zero attached hydrogens (tertiary/aromatic N) is 3. The molecule has 0 radical (unpaired) electrons. The highest BCUT2D eigenvalue weighted by Gasteiger charge is 2.35. The zero-order chi connectivity index (χ0) is 18.4. The summed E-state index contributed by atoms with van der Waals surface area (Å²) in [4.78, 5) is 10.1. The van der Waals surface area contributed by atoms with Gasteiger partial charge in [0.2, 0.25) is 17.7 Å². The first-order valence-corrected chi connectivity index (χ1v) is 7.63. The minimum absolute atomic E-state index is 0.322. The molecule has 0 aliphatic heterocycles. The van der Waals surface area contributed by atoms with Gasteiger partial charge in [0.25, 0.3) is 0 Å². The quantitative estimate of drug-likeness (QED) is 0.672. The van der Waals surface area contributed by atoms with Gasteiger partial charge in [-0.15, -0.1) is 0 Å². The Labute approximate surface area is 149 Å². The van der Waals surface area contributed by atoms with E-state index in [0.717, 1.165) is 0 Å². The number of nitrogens with two attached hydrogens (primary N) is 1. The molecule has 3 N–H and O–H groups in total. The van der Waals surface area contributed by atoms with Crippen molar-refractivity contribution in [1.82, 2.24) is 15.0 Å². The van der Waals surface area contributed by atoms with E-state index in [9.17, 15) is 13.2 Å². The molecule has 25 heavy (non-hydrogen) atoms. The van der Waals surface area contributed by atoms with E-state index in [1.165, 1.54) is 6.07 Å². The summed E-state index contributed by atoms with van der Waals surface area (Å²) in [5.41, 5.74) is 5.73. The fourth-order valence-corrected chi connectivity index (χ4v) is 2.71. The SMILES string of the molecule is CC(Nc1nc(N)nc(C(F)(F)F)n1)c1cc2cc(Cl)cc(Cl)c2o1. The van der Waals surface area contributed by atoms with Crippen molar-refractivity contribution >= 4 is 46.1 Å². The van der Waals surface area contributed by atoms with Crippen LogP contribution in [0, 0.1) is 0 Å². The number of nitrogens with one attached hydrogen (secondary N) is 1. The first-order chi connectivity index (χ1) is 11.6. The van der Waals surface area contributed by atoms with Gasteiger partial charge in [-0.2, -0.15) is 28.1 Å². The van der Waals surface area contributed by atoms with Crippen LogP contribution in [0.5, 0.6) is 0 Å². The van der Waals surface area contributed by atoms with Crippen molar-refractivity contribution in [3.05, 3.63) is 39.8 Å². The van der Waals surface area contributed by atoms with Crippen LogP contribution in [0.2, 0.25) is 10.0 Å². The van der Waals surface area contributed by atoms with Crippen molar-refractivity contribution in [3.8, 4) is 0 Å². The standard InChI is InChI=1S/C14H10Cl2F3N5O/c1-5(9-3-6-2-7(15)4-8(16)10(6)25-9)21-13-23-11(14(17,18)19)22-12(20)24-13/h2-5H,1H3,(H3,20,21,22,23,24). The second-order valence-electron chi connectivity index (χ2n) is 5.16. The van der Waals surface area contributed by atoms with Crippen LogP contribution in [-0.2, 0) is 6.18 Å². The second kappa shape index (κ2) is 6.23. The summed E-state index contributed by atoms with van der Waals surface area (Å²) in [5, 5.41) is 4.11. The first kappa shape index (κ1) is 17.6. The normalized spacial score (nSPS) is 13.2. The summed E-state index contributed by atoms with van der Waals surface area (Å²) in [6.45, 7) is 1.65. The molecule has 1 atom stereocenters. The highest BCUT2D eigenvalue weighted by molar-refractivity contribution is 6.38. The van der Waals surface area contributed by atoms with Crippen LogP contribution in [0.15, 0.2) is 22.6 Å². The molecule has 0 bridgehead atoms. The van der Waals surface area contributed by atoms with E-state index in [0.29, 0.717) is 26.8 Å². The number of benzene rings is 1. The van der Waals surface area contributed by atoms with Gasteiger partial charge in [0.05, 0.1) is 11.1 Å². The lowest BCUT2D eigenvalue weighted by Crippen LogP contribution is -2.17. The Hall–Kier alpha value is -2.26. The number of furan rings is 1. The molecule has 2 heterocycles. The average molecular weight is 392 g/mol. The van der Waals surface area contributed by atoms with E-state index < -0.39 is 24.0 Å². The van der Waals surface area contributed by atoms with Gasteiger partial charge >= 0.3 is 6.18 Å². The topological polar surface area (TPSA) is 89.9 Å². The van der Waals surface area contributed by atoms with Crippen LogP contribution >= 0.6 is 23.2 Å². The van der Waals surface area contributed by atoms with Gasteiger partial charge in [-0.05, 0) is 25.1 Å². The van der Waals surface area contributed by atoms with E-state index in [2.05, 4.69) is 20.3 Å². The van der Waals surface area contributed by atoms with Crippen LogP contribution in [0.25, 0.3) is 11.0 Å². The van der Waals surface area contributed by atoms with Crippen LogP contribution in [-0.4, -0.2) is 15.0 Å². The third-order valence-electron chi connectivity index (χ3n) is 3.23. The Morgan fingerprint density at radius 1 is 1.16 bits per heavy atom. The van der Waals surface area contributed by atoms with Gasteiger partial charge in [0, 0.05) is 10.4 Å². The first-order valence-electron chi connectivity index (χ1n) is 6.87. The van der Waals surface area contributed by atoms with Crippen molar-refractivity contribution in [1.29, 1.82) is 0 Å². The van der Waals surface area contributed by atoms with Crippen LogP contribution in [0.3, 0.4) is 0 Å². The Balaban J connectivity index is 1.91. The number of nitrogen functional groups attached to an aromatic ring is 1. The molecule has 2 aromatic heterocycles. The molecule has 3 aromatic rings. The lowest BCUT2D eigenvalue weighted by molar-refractivity contribution is -0.144. The molecule has 6 nitrogen and oxygen atoms in total. The number of hydrogen-bond acceptors (Lipinski definition) is 6. The molecule has 1 aromatic carbocycles. The maximum absolute atomic E-state index is 12.7. The van der Waals surface area contributed by atoms with Gasteiger partial charge in [-0.3, -0.25) is 0 Å². The van der Waals surface area contributed by atoms with Crippen molar-refractivity contribution < 1.29 is 17.6 Å². The van der Waals surface area contributed by atoms with Crippen molar-refractivity contribution in [3.63, 3.8) is 0 Å². The number of hydrogen-bond donors (Lipinski definition) is 2. The molecule has 0 spiro atoms. The minimum atomic E-state index is -4.74. The number of rotatable bonds is 3. The number of halogens is 5. The Morgan fingerprint density at radius 3 is 2.56 bits per heavy atom. The van der Waals surface area contributed by atoms with Gasteiger partial charge in [0.15, 0.2) is 5.58 Å². The van der Waals surface area contributed by atoms with E-state index >= 15 is 0 Å². The summed E-state index contributed by atoms with van der Waals surface area (Å²) in [6.07, 6.45) is -4.74. The van der Waals surface area contributed by atoms with Crippen LogP contribution < -0.4 is 11.1 Å². The van der Waals surface area contributed by atoms with E-state index in [1.54, 1.807) is 19.1 Å². The molecule has 0 amide bonds. The monoisotopic (exact) mass is 391 g/mol. The number of anilines is 2. The third kappa shape index (κ3) is 3.72. The molecule has 11 heteroatoms. The summed E-state index contributed by atoms with van der Waals surface area (Å²) < 4.78 is 43.9. The Morgan fingerprint density at radius 2 is 1.88 bits per heavy atom. The molecule has 0 fully saturated rings. The van der Waals surface area contributed by atoms with Gasteiger partial charge in [-0.25, -0.2) is 0 Å². The summed E-state index contributed by atoms with van der Waals surface area (Å²) in [6, 6.07) is 4.29. The molecule has 0 saturated carbocycles. The molecule has 3 rings (SSSR count). The highest BCUT2D eigenvalue weighted by atomic mass is 35.5. The van der Waals surface area contributed by atoms with E-state index in [4.69, 9.17) is 33.4 Å². The smallest absolute Gasteiger partial charge is 0.451 e. The number of aromatic nitrogens is 3. The average Bonchev–Trinajstić information content (AvgIpc) is 2.90. The molecule has 0 saturated heterocycles. The van der Waals surface area contributed by atoms with Crippen molar-refractivity contribution in [2.24, 2.45) is 0 Å². The molecular formula is C14H10Cl2F3N5O. The molecular weight excluding hydrogens is 382 g/mol. The fourth-order valence-electron chi connectivity index (χ4n) is 2.16. The summed E-state index contributed by atoms with van der Waals surface area (Å²) in [5.74, 6) is -1.84. The predicted octanol–water partition coefficient (Wildman–Crippen LogP) is 4.70. The Kier molecular flexibility index (Phi) is 4.38. The summed E-state index contributed by atoms with van der Waals surface area (Å²) in [7, 11) is 0. The largest absolute Gasteiger partial charge is 0.457 e. The molecule has 132 valence electrons. The van der Waals surface area contributed by atoms with Crippen LogP contribution in [0.1, 0.15) is 24.6 Å². The van der Waals surface area contributed by atoms with Gasteiger partial charge in [0.1, 0.15) is 5.76 Å². The number of fused-ring (bicyclic) bond motifs is 1. The lowest BCUT2D eigenvalue weighted by Gasteiger charge is -2.13. The Bertz CT molecular complexity index is 944. The molecule has 0 aliphatic carbocycles. The molecule has 1 unspecified atom stereocenters. The zero-order valence-corrected chi connectivity index (χ0v) is 14.0. The van der Waals surface area contributed by atoms with Crippen LogP contribution in [0.4, 0.5) is 25.1 Å². The van der Waals surface area contributed by atoms with E-state index in [1.807, 2.05) is 0 Å². The zero-order valence-electron chi connectivity index (χ0n) is 12.5. The third-order valence-corrected chi connectivity index (χ3v) is 3.73. The van der Waals surface area contributed by atoms with E-state index in [-0.39, 0.29) is 5.95 Å². The highest BCUT2D eigenvalue weighted by Crippen LogP contribution is 2.33. The second-order valence-corrected chi connectivity index (χ2v) is 6.00. The fraction of sp³-hybridized carbons (Fsp3) is 0.214. The van der Waals surface area contributed by atoms with Crippen molar-refractivity contribution in [2.75, 3.05) is 11.1 Å². The number of alkyl halides is 3. The maximum atomic E-state index is 12.7. The lowest BCUT2D eigenvalue weighted by atomic mass is 10.2. The molecule has 0 aliphatic rings.